The van der Waals surface area contributed by atoms with Crippen molar-refractivity contribution in [3.05, 3.63) is 70.0 Å². The summed E-state index contributed by atoms with van der Waals surface area (Å²) in [4.78, 5) is 0. The zero-order chi connectivity index (χ0) is 13.3. The van der Waals surface area contributed by atoms with E-state index in [0.717, 1.165) is 11.1 Å². The van der Waals surface area contributed by atoms with Gasteiger partial charge in [-0.2, -0.15) is 0 Å². The molecular weight excluding hydrogens is 249 g/mol. The summed E-state index contributed by atoms with van der Waals surface area (Å²) in [6.45, 7) is 3.77. The first-order chi connectivity index (χ1) is 8.43. The summed E-state index contributed by atoms with van der Waals surface area (Å²) in [7, 11) is 0. The van der Waals surface area contributed by atoms with Gasteiger partial charge in [0, 0.05) is 10.6 Å². The molecule has 2 N–H and O–H groups in total. The highest BCUT2D eigenvalue weighted by Crippen LogP contribution is 2.31. The summed E-state index contributed by atoms with van der Waals surface area (Å²) >= 11 is 5.76. The van der Waals surface area contributed by atoms with E-state index in [2.05, 4.69) is 0 Å². The van der Waals surface area contributed by atoms with Crippen LogP contribution in [0, 0.1) is 12.7 Å². The molecule has 18 heavy (non-hydrogen) atoms. The molecule has 1 nitrogen and oxygen atoms in total. The van der Waals surface area contributed by atoms with Crippen LogP contribution in [0.4, 0.5) is 4.39 Å². The quantitative estimate of drug-likeness (QED) is 0.870. The molecule has 2 aromatic carbocycles. The van der Waals surface area contributed by atoms with Crippen LogP contribution in [0.15, 0.2) is 42.5 Å². The highest BCUT2D eigenvalue weighted by Gasteiger charge is 2.28. The Morgan fingerprint density at radius 2 is 1.78 bits per heavy atom. The van der Waals surface area contributed by atoms with Gasteiger partial charge in [0.25, 0.3) is 0 Å². The average molecular weight is 264 g/mol. The Labute approximate surface area is 111 Å². The van der Waals surface area contributed by atoms with Crippen LogP contribution in [0.25, 0.3) is 0 Å². The zero-order valence-electron chi connectivity index (χ0n) is 10.4. The smallest absolute Gasteiger partial charge is 0.130 e. The Kier molecular flexibility index (Phi) is 3.42. The van der Waals surface area contributed by atoms with E-state index < -0.39 is 5.54 Å². The molecule has 0 aliphatic rings. The molecule has 2 rings (SSSR count). The van der Waals surface area contributed by atoms with Crippen molar-refractivity contribution in [2.45, 2.75) is 19.4 Å². The van der Waals surface area contributed by atoms with Crippen molar-refractivity contribution in [1.82, 2.24) is 0 Å². The SMILES string of the molecule is Cc1ccccc1C(C)(N)c1ccc(Cl)cc1F. The lowest BCUT2D eigenvalue weighted by Crippen LogP contribution is -2.36. The lowest BCUT2D eigenvalue weighted by molar-refractivity contribution is 0.529. The van der Waals surface area contributed by atoms with E-state index >= 15 is 0 Å². The molecule has 2 aromatic rings. The van der Waals surface area contributed by atoms with Gasteiger partial charge in [-0.3, -0.25) is 0 Å². The highest BCUT2D eigenvalue weighted by atomic mass is 35.5. The molecule has 0 aliphatic carbocycles. The molecule has 0 heterocycles. The first kappa shape index (κ1) is 13.1. The summed E-state index contributed by atoms with van der Waals surface area (Å²) in [6, 6.07) is 12.3. The molecule has 1 unspecified atom stereocenters. The van der Waals surface area contributed by atoms with Gasteiger partial charge in [0.05, 0.1) is 5.54 Å². The van der Waals surface area contributed by atoms with Crippen LogP contribution in [0.1, 0.15) is 23.6 Å². The predicted octanol–water partition coefficient (Wildman–Crippen LogP) is 4.01. The molecule has 0 radical (unpaired) electrons. The highest BCUT2D eigenvalue weighted by molar-refractivity contribution is 6.30. The molecule has 0 saturated heterocycles. The summed E-state index contributed by atoms with van der Waals surface area (Å²) in [6.07, 6.45) is 0. The van der Waals surface area contributed by atoms with E-state index in [1.165, 1.54) is 6.07 Å². The van der Waals surface area contributed by atoms with Crippen molar-refractivity contribution < 1.29 is 4.39 Å². The maximum absolute atomic E-state index is 14.0. The van der Waals surface area contributed by atoms with Crippen LogP contribution >= 0.6 is 11.6 Å². The molecule has 0 aromatic heterocycles. The Hall–Kier alpha value is -1.38. The first-order valence-corrected chi connectivity index (χ1v) is 6.11. The van der Waals surface area contributed by atoms with E-state index in [4.69, 9.17) is 17.3 Å². The van der Waals surface area contributed by atoms with E-state index in [1.807, 2.05) is 38.1 Å². The van der Waals surface area contributed by atoms with E-state index in [9.17, 15) is 4.39 Å². The lowest BCUT2D eigenvalue weighted by atomic mass is 9.83. The van der Waals surface area contributed by atoms with Gasteiger partial charge in [-0.25, -0.2) is 4.39 Å². The number of aryl methyl sites for hydroxylation is 1. The minimum absolute atomic E-state index is 0.372. The third-order valence-corrected chi connectivity index (χ3v) is 3.43. The van der Waals surface area contributed by atoms with Gasteiger partial charge in [-0.05, 0) is 37.1 Å². The van der Waals surface area contributed by atoms with Crippen LogP contribution in [0.5, 0.6) is 0 Å². The molecule has 1 atom stereocenters. The zero-order valence-corrected chi connectivity index (χ0v) is 11.1. The van der Waals surface area contributed by atoms with Gasteiger partial charge in [0.15, 0.2) is 0 Å². The number of benzene rings is 2. The fraction of sp³-hybridized carbons (Fsp3) is 0.200. The molecule has 0 aliphatic heterocycles. The predicted molar refractivity (Wildman–Crippen MR) is 73.2 cm³/mol. The maximum atomic E-state index is 14.0. The minimum Gasteiger partial charge on any atom is -0.318 e. The second-order valence-corrected chi connectivity index (χ2v) is 5.08. The van der Waals surface area contributed by atoms with Crippen LogP contribution in [-0.4, -0.2) is 0 Å². The van der Waals surface area contributed by atoms with Crippen molar-refractivity contribution in [3.8, 4) is 0 Å². The van der Waals surface area contributed by atoms with Gasteiger partial charge in [-0.15, -0.1) is 0 Å². The van der Waals surface area contributed by atoms with Crippen molar-refractivity contribution in [2.24, 2.45) is 5.73 Å². The maximum Gasteiger partial charge on any atom is 0.130 e. The van der Waals surface area contributed by atoms with Gasteiger partial charge in [-0.1, -0.05) is 41.9 Å². The molecular formula is C15H15ClFN. The second kappa shape index (κ2) is 4.71. The fourth-order valence-corrected chi connectivity index (χ4v) is 2.37. The molecule has 0 saturated carbocycles. The van der Waals surface area contributed by atoms with E-state index in [1.54, 1.807) is 12.1 Å². The number of nitrogens with two attached hydrogens (primary N) is 1. The van der Waals surface area contributed by atoms with E-state index in [0.29, 0.717) is 10.6 Å². The van der Waals surface area contributed by atoms with Gasteiger partial charge >= 0.3 is 0 Å². The summed E-state index contributed by atoms with van der Waals surface area (Å²) < 4.78 is 14.0. The normalized spacial score (nSPS) is 14.3. The molecule has 3 heteroatoms. The van der Waals surface area contributed by atoms with Crippen molar-refractivity contribution in [2.75, 3.05) is 0 Å². The molecule has 94 valence electrons. The monoisotopic (exact) mass is 263 g/mol. The Morgan fingerprint density at radius 1 is 1.11 bits per heavy atom. The number of hydrogen-bond acceptors (Lipinski definition) is 1. The molecule has 0 amide bonds. The van der Waals surface area contributed by atoms with Crippen LogP contribution in [0.3, 0.4) is 0 Å². The minimum atomic E-state index is -0.875. The van der Waals surface area contributed by atoms with Crippen LogP contribution in [0.2, 0.25) is 5.02 Å². The van der Waals surface area contributed by atoms with E-state index in [-0.39, 0.29) is 5.82 Å². The second-order valence-electron chi connectivity index (χ2n) is 4.64. The summed E-state index contributed by atoms with van der Waals surface area (Å²) in [5.74, 6) is -0.379. The lowest BCUT2D eigenvalue weighted by Gasteiger charge is -2.28. The largest absolute Gasteiger partial charge is 0.318 e. The topological polar surface area (TPSA) is 26.0 Å². The molecule has 0 fully saturated rings. The standard InChI is InChI=1S/C15H15ClFN/c1-10-5-3-4-6-12(10)15(2,18)13-8-7-11(16)9-14(13)17/h3-9H,18H2,1-2H3. The number of hydrogen-bond donors (Lipinski definition) is 1. The Morgan fingerprint density at radius 3 is 2.39 bits per heavy atom. The molecule has 0 bridgehead atoms. The fourth-order valence-electron chi connectivity index (χ4n) is 2.21. The van der Waals surface area contributed by atoms with Crippen molar-refractivity contribution in [1.29, 1.82) is 0 Å². The van der Waals surface area contributed by atoms with Crippen LogP contribution < -0.4 is 5.73 Å². The van der Waals surface area contributed by atoms with Crippen molar-refractivity contribution in [3.63, 3.8) is 0 Å². The first-order valence-electron chi connectivity index (χ1n) is 5.73. The van der Waals surface area contributed by atoms with Gasteiger partial charge in [0.2, 0.25) is 0 Å². The third-order valence-electron chi connectivity index (χ3n) is 3.20. The molecule has 0 spiro atoms. The average Bonchev–Trinajstić information content (AvgIpc) is 2.28. The van der Waals surface area contributed by atoms with Crippen LogP contribution in [-0.2, 0) is 5.54 Å². The van der Waals surface area contributed by atoms with Crippen molar-refractivity contribution >= 4 is 11.6 Å². The van der Waals surface area contributed by atoms with Gasteiger partial charge in [0.1, 0.15) is 5.82 Å². The van der Waals surface area contributed by atoms with Gasteiger partial charge < -0.3 is 5.73 Å². The summed E-state index contributed by atoms with van der Waals surface area (Å²) in [5.41, 5.74) is 7.85. The number of halogens is 2. The number of rotatable bonds is 2. The third kappa shape index (κ3) is 2.26. The Bertz CT molecular complexity index is 578. The Balaban J connectivity index is 2.58. The summed E-state index contributed by atoms with van der Waals surface area (Å²) in [5, 5.41) is 0.372.